The molecule has 0 radical (unpaired) electrons. The molecule has 1 heterocycles. The van der Waals surface area contributed by atoms with Gasteiger partial charge >= 0.3 is 0 Å². The number of furan rings is 1. The Labute approximate surface area is 145 Å². The van der Waals surface area contributed by atoms with Gasteiger partial charge < -0.3 is 15.1 Å². The summed E-state index contributed by atoms with van der Waals surface area (Å²) in [5.74, 6) is 0.235. The van der Waals surface area contributed by atoms with Crippen molar-refractivity contribution in [2.24, 2.45) is 5.41 Å². The van der Waals surface area contributed by atoms with E-state index in [9.17, 15) is 9.59 Å². The average Bonchev–Trinajstić information content (AvgIpc) is 3.24. The monoisotopic (exact) mass is 346 g/mol. The minimum absolute atomic E-state index is 0.201. The fraction of sp³-hybridized carbons (Fsp3) is 0.333. The van der Waals surface area contributed by atoms with Crippen molar-refractivity contribution < 1.29 is 14.0 Å². The van der Waals surface area contributed by atoms with E-state index in [-0.39, 0.29) is 11.8 Å². The van der Waals surface area contributed by atoms with Crippen molar-refractivity contribution in [2.75, 3.05) is 6.54 Å². The van der Waals surface area contributed by atoms with Crippen LogP contribution in [0.4, 0.5) is 0 Å². The molecular weight excluding hydrogens is 328 g/mol. The topological polar surface area (TPSA) is 71.3 Å². The Morgan fingerprint density at radius 2 is 1.79 bits per heavy atom. The van der Waals surface area contributed by atoms with Crippen LogP contribution in [-0.4, -0.2) is 18.4 Å². The number of benzene rings is 1. The third-order valence-electron chi connectivity index (χ3n) is 4.24. The first kappa shape index (κ1) is 16.6. The maximum Gasteiger partial charge on any atom is 0.236 e. The summed E-state index contributed by atoms with van der Waals surface area (Å²) in [5, 5.41) is 6.33. The van der Waals surface area contributed by atoms with Gasteiger partial charge in [-0.15, -0.1) is 0 Å². The smallest absolute Gasteiger partial charge is 0.236 e. The molecule has 24 heavy (non-hydrogen) atoms. The van der Waals surface area contributed by atoms with Gasteiger partial charge in [-0.25, -0.2) is 0 Å². The fourth-order valence-electron chi connectivity index (χ4n) is 2.57. The summed E-state index contributed by atoms with van der Waals surface area (Å²) in [6.45, 7) is 0.791. The van der Waals surface area contributed by atoms with Gasteiger partial charge in [-0.1, -0.05) is 23.7 Å². The van der Waals surface area contributed by atoms with Gasteiger partial charge in [0, 0.05) is 11.6 Å². The van der Waals surface area contributed by atoms with Gasteiger partial charge in [-0.3, -0.25) is 9.59 Å². The highest BCUT2D eigenvalue weighted by atomic mass is 35.5. The second kappa shape index (κ2) is 7.09. The van der Waals surface area contributed by atoms with E-state index < -0.39 is 5.41 Å². The molecule has 0 unspecified atom stereocenters. The molecule has 5 nitrogen and oxygen atoms in total. The zero-order valence-corrected chi connectivity index (χ0v) is 13.9. The summed E-state index contributed by atoms with van der Waals surface area (Å²) < 4.78 is 5.18. The van der Waals surface area contributed by atoms with Gasteiger partial charge in [-0.05, 0) is 49.1 Å². The normalized spacial score (nSPS) is 14.9. The molecule has 6 heteroatoms. The Kier molecular flexibility index (Phi) is 4.90. The van der Waals surface area contributed by atoms with Crippen LogP contribution in [-0.2, 0) is 22.6 Å². The fourth-order valence-corrected chi connectivity index (χ4v) is 2.70. The Morgan fingerprint density at radius 3 is 2.42 bits per heavy atom. The molecule has 2 aromatic rings. The molecule has 1 saturated carbocycles. The Morgan fingerprint density at radius 1 is 1.08 bits per heavy atom. The van der Waals surface area contributed by atoms with Crippen LogP contribution in [0.25, 0.3) is 0 Å². The maximum absolute atomic E-state index is 12.4. The molecule has 0 spiro atoms. The number of nitrogens with one attached hydrogen (secondary N) is 2. The van der Waals surface area contributed by atoms with E-state index >= 15 is 0 Å². The third kappa shape index (κ3) is 3.79. The number of halogens is 1. The van der Waals surface area contributed by atoms with Crippen molar-refractivity contribution in [1.29, 1.82) is 0 Å². The van der Waals surface area contributed by atoms with Gasteiger partial charge in [-0.2, -0.15) is 0 Å². The van der Waals surface area contributed by atoms with E-state index in [0.717, 1.165) is 5.56 Å². The first-order valence-corrected chi connectivity index (χ1v) is 8.31. The van der Waals surface area contributed by atoms with Gasteiger partial charge in [0.2, 0.25) is 11.8 Å². The van der Waals surface area contributed by atoms with Crippen LogP contribution >= 0.6 is 11.6 Å². The number of amides is 2. The molecule has 1 aliphatic carbocycles. The minimum Gasteiger partial charge on any atom is -0.467 e. The molecule has 2 N–H and O–H groups in total. The summed E-state index contributed by atoms with van der Waals surface area (Å²) in [6.07, 6.45) is 3.43. The molecule has 0 atom stereocenters. The molecule has 2 amide bonds. The lowest BCUT2D eigenvalue weighted by molar-refractivity contribution is -0.137. The molecule has 1 aromatic heterocycles. The summed E-state index contributed by atoms with van der Waals surface area (Å²) in [5.41, 5.74) is 0.180. The van der Waals surface area contributed by atoms with Crippen LogP contribution in [0, 0.1) is 5.41 Å². The van der Waals surface area contributed by atoms with Crippen LogP contribution in [0.15, 0.2) is 47.1 Å². The first-order chi connectivity index (χ1) is 11.6. The van der Waals surface area contributed by atoms with Crippen molar-refractivity contribution in [3.8, 4) is 0 Å². The van der Waals surface area contributed by atoms with Crippen molar-refractivity contribution in [1.82, 2.24) is 10.6 Å². The van der Waals surface area contributed by atoms with Crippen molar-refractivity contribution in [2.45, 2.75) is 25.8 Å². The van der Waals surface area contributed by atoms with Crippen LogP contribution < -0.4 is 10.6 Å². The molecular formula is C18H19ClN2O3. The van der Waals surface area contributed by atoms with E-state index in [1.54, 1.807) is 18.4 Å². The average molecular weight is 347 g/mol. The van der Waals surface area contributed by atoms with E-state index in [1.165, 1.54) is 0 Å². The predicted molar refractivity (Wildman–Crippen MR) is 90.4 cm³/mol. The van der Waals surface area contributed by atoms with Crippen LogP contribution in [0.2, 0.25) is 5.02 Å². The van der Waals surface area contributed by atoms with Crippen molar-refractivity contribution in [3.63, 3.8) is 0 Å². The lowest BCUT2D eigenvalue weighted by Crippen LogP contribution is -2.43. The predicted octanol–water partition coefficient (Wildman–Crippen LogP) is 2.69. The highest BCUT2D eigenvalue weighted by Crippen LogP contribution is 2.46. The second-order valence-electron chi connectivity index (χ2n) is 5.98. The van der Waals surface area contributed by atoms with Crippen molar-refractivity contribution >= 4 is 23.4 Å². The zero-order valence-electron chi connectivity index (χ0n) is 13.2. The van der Waals surface area contributed by atoms with Crippen molar-refractivity contribution in [3.05, 3.63) is 59.0 Å². The highest BCUT2D eigenvalue weighted by Gasteiger charge is 2.56. The second-order valence-corrected chi connectivity index (χ2v) is 6.41. The molecule has 0 saturated heterocycles. The molecule has 0 aliphatic heterocycles. The van der Waals surface area contributed by atoms with Gasteiger partial charge in [0.15, 0.2) is 0 Å². The highest BCUT2D eigenvalue weighted by molar-refractivity contribution is 6.30. The number of hydrogen-bond acceptors (Lipinski definition) is 3. The SMILES string of the molecule is O=C(NCCc1ccc(Cl)cc1)C1(C(=O)NCc2ccco2)CC1. The van der Waals surface area contributed by atoms with E-state index in [1.807, 2.05) is 24.3 Å². The van der Waals surface area contributed by atoms with Crippen LogP contribution in [0.1, 0.15) is 24.2 Å². The van der Waals surface area contributed by atoms with E-state index in [4.69, 9.17) is 16.0 Å². The maximum atomic E-state index is 12.4. The Balaban J connectivity index is 1.46. The number of carbonyl (C=O) groups is 2. The zero-order chi connectivity index (χ0) is 17.0. The minimum atomic E-state index is -0.910. The third-order valence-corrected chi connectivity index (χ3v) is 4.49. The van der Waals surface area contributed by atoms with E-state index in [2.05, 4.69) is 10.6 Å². The standard InChI is InChI=1S/C18H19ClN2O3/c19-14-5-3-13(4-6-14)7-10-20-16(22)18(8-9-18)17(23)21-12-15-2-1-11-24-15/h1-6,11H,7-10,12H2,(H,20,22)(H,21,23). The van der Waals surface area contributed by atoms with Gasteiger partial charge in [0.25, 0.3) is 0 Å². The summed E-state index contributed by atoms with van der Waals surface area (Å²) in [4.78, 5) is 24.7. The number of carbonyl (C=O) groups excluding carboxylic acids is 2. The summed E-state index contributed by atoms with van der Waals surface area (Å²) in [6, 6.07) is 11.0. The Hall–Kier alpha value is -2.27. The van der Waals surface area contributed by atoms with E-state index in [0.29, 0.717) is 43.1 Å². The molecule has 126 valence electrons. The van der Waals surface area contributed by atoms with Gasteiger partial charge in [0.05, 0.1) is 12.8 Å². The first-order valence-electron chi connectivity index (χ1n) is 7.94. The largest absolute Gasteiger partial charge is 0.467 e. The summed E-state index contributed by atoms with van der Waals surface area (Å²) >= 11 is 5.84. The lowest BCUT2D eigenvalue weighted by atomic mass is 10.0. The summed E-state index contributed by atoms with van der Waals surface area (Å²) in [7, 11) is 0. The molecule has 1 aromatic carbocycles. The molecule has 3 rings (SSSR count). The quantitative estimate of drug-likeness (QED) is 0.757. The van der Waals surface area contributed by atoms with Crippen LogP contribution in [0.3, 0.4) is 0 Å². The van der Waals surface area contributed by atoms with Crippen LogP contribution in [0.5, 0.6) is 0 Å². The number of rotatable bonds is 7. The van der Waals surface area contributed by atoms with Gasteiger partial charge in [0.1, 0.15) is 11.2 Å². The molecule has 1 fully saturated rings. The molecule has 1 aliphatic rings. The lowest BCUT2D eigenvalue weighted by Gasteiger charge is -2.15. The Bertz CT molecular complexity index is 706. The molecule has 0 bridgehead atoms. The number of hydrogen-bond donors (Lipinski definition) is 2.